The number of aryl methyl sites for hydroxylation is 1. The molecule has 0 atom stereocenters. The second-order valence-electron chi connectivity index (χ2n) is 5.87. The van der Waals surface area contributed by atoms with Crippen LogP contribution < -0.4 is 10.9 Å². The fourth-order valence-electron chi connectivity index (χ4n) is 3.09. The molecule has 4 nitrogen and oxygen atoms in total. The molecule has 0 aliphatic carbocycles. The second kappa shape index (κ2) is 5.91. The highest BCUT2D eigenvalue weighted by atomic mass is 35.5. The standard InChI is InChI=1S/C18H15ClFN3O/c19-14-3-1-4-15(20)13(14)10-21-11-6-7-16-12(9-11)18(24)23-8-2-5-17(23)22-16/h1,3-4,6-7,9,21H,2,5,8,10H2. The number of benzene rings is 2. The third-order valence-electron chi connectivity index (χ3n) is 4.35. The maximum absolute atomic E-state index is 13.8. The van der Waals surface area contributed by atoms with Crippen LogP contribution in [-0.4, -0.2) is 9.55 Å². The molecule has 1 aromatic heterocycles. The zero-order valence-electron chi connectivity index (χ0n) is 12.9. The van der Waals surface area contributed by atoms with Crippen molar-refractivity contribution in [3.05, 3.63) is 69.0 Å². The molecule has 0 radical (unpaired) electrons. The van der Waals surface area contributed by atoms with Crippen LogP contribution in [0, 0.1) is 5.82 Å². The predicted octanol–water partition coefficient (Wildman–Crippen LogP) is 3.75. The molecule has 1 N–H and O–H groups in total. The fraction of sp³-hybridized carbons (Fsp3) is 0.222. The van der Waals surface area contributed by atoms with Crippen LogP contribution >= 0.6 is 11.6 Å². The van der Waals surface area contributed by atoms with E-state index in [2.05, 4.69) is 10.3 Å². The monoisotopic (exact) mass is 343 g/mol. The van der Waals surface area contributed by atoms with E-state index in [1.54, 1.807) is 22.8 Å². The van der Waals surface area contributed by atoms with Gasteiger partial charge in [0.25, 0.3) is 5.56 Å². The summed E-state index contributed by atoms with van der Waals surface area (Å²) < 4.78 is 15.6. The van der Waals surface area contributed by atoms with E-state index in [0.29, 0.717) is 21.5 Å². The van der Waals surface area contributed by atoms with Crippen molar-refractivity contribution in [2.24, 2.45) is 0 Å². The number of fused-ring (bicyclic) bond motifs is 2. The van der Waals surface area contributed by atoms with Gasteiger partial charge in [0.1, 0.15) is 11.6 Å². The molecule has 2 heterocycles. The first kappa shape index (κ1) is 15.1. The van der Waals surface area contributed by atoms with Crippen molar-refractivity contribution >= 4 is 28.2 Å². The number of halogens is 2. The maximum Gasteiger partial charge on any atom is 0.261 e. The number of nitrogens with one attached hydrogen (secondary N) is 1. The lowest BCUT2D eigenvalue weighted by atomic mass is 10.2. The van der Waals surface area contributed by atoms with Crippen molar-refractivity contribution in [1.29, 1.82) is 0 Å². The van der Waals surface area contributed by atoms with Crippen LogP contribution in [0.25, 0.3) is 10.9 Å². The molecule has 122 valence electrons. The summed E-state index contributed by atoms with van der Waals surface area (Å²) in [7, 11) is 0. The quantitative estimate of drug-likeness (QED) is 0.788. The Hall–Kier alpha value is -2.40. The molecular formula is C18H15ClFN3O. The molecule has 0 spiro atoms. The topological polar surface area (TPSA) is 46.9 Å². The lowest BCUT2D eigenvalue weighted by molar-refractivity contribution is 0.613. The zero-order chi connectivity index (χ0) is 16.7. The molecular weight excluding hydrogens is 329 g/mol. The normalized spacial score (nSPS) is 13.2. The molecule has 3 aromatic rings. The van der Waals surface area contributed by atoms with Gasteiger partial charge in [-0.3, -0.25) is 9.36 Å². The maximum atomic E-state index is 13.8. The Morgan fingerprint density at radius 1 is 1.29 bits per heavy atom. The first-order valence-corrected chi connectivity index (χ1v) is 8.21. The summed E-state index contributed by atoms with van der Waals surface area (Å²) in [5.74, 6) is 0.502. The third-order valence-corrected chi connectivity index (χ3v) is 4.70. The number of anilines is 1. The van der Waals surface area contributed by atoms with Gasteiger partial charge in [-0.05, 0) is 36.8 Å². The number of hydrogen-bond donors (Lipinski definition) is 1. The molecule has 0 saturated heterocycles. The minimum absolute atomic E-state index is 0.0138. The Kier molecular flexibility index (Phi) is 3.73. The molecule has 1 aliphatic rings. The van der Waals surface area contributed by atoms with E-state index in [4.69, 9.17) is 11.6 Å². The molecule has 24 heavy (non-hydrogen) atoms. The molecule has 2 aromatic carbocycles. The largest absolute Gasteiger partial charge is 0.381 e. The van der Waals surface area contributed by atoms with Gasteiger partial charge in [0.2, 0.25) is 0 Å². The van der Waals surface area contributed by atoms with Crippen LogP contribution in [0.15, 0.2) is 41.2 Å². The SMILES string of the molecule is O=c1c2cc(NCc3c(F)cccc3Cl)ccc2nc2n1CCC2. The summed E-state index contributed by atoms with van der Waals surface area (Å²) >= 11 is 6.04. The molecule has 6 heteroatoms. The fourth-order valence-corrected chi connectivity index (χ4v) is 3.32. The van der Waals surface area contributed by atoms with Gasteiger partial charge in [-0.2, -0.15) is 0 Å². The van der Waals surface area contributed by atoms with Crippen molar-refractivity contribution in [2.75, 3.05) is 5.32 Å². The average Bonchev–Trinajstić information content (AvgIpc) is 3.04. The highest BCUT2D eigenvalue weighted by molar-refractivity contribution is 6.31. The molecule has 0 saturated carbocycles. The Labute approximate surface area is 142 Å². The van der Waals surface area contributed by atoms with E-state index >= 15 is 0 Å². The summed E-state index contributed by atoms with van der Waals surface area (Å²) in [6.07, 6.45) is 1.80. The Bertz CT molecular complexity index is 979. The number of rotatable bonds is 3. The molecule has 1 aliphatic heterocycles. The summed E-state index contributed by atoms with van der Waals surface area (Å²) in [5.41, 5.74) is 1.82. The van der Waals surface area contributed by atoms with Crippen LogP contribution in [0.3, 0.4) is 0 Å². The minimum atomic E-state index is -0.352. The smallest absolute Gasteiger partial charge is 0.261 e. The number of hydrogen-bond acceptors (Lipinski definition) is 3. The number of nitrogens with zero attached hydrogens (tertiary/aromatic N) is 2. The molecule has 0 amide bonds. The Morgan fingerprint density at radius 2 is 2.17 bits per heavy atom. The van der Waals surface area contributed by atoms with E-state index in [-0.39, 0.29) is 17.9 Å². The van der Waals surface area contributed by atoms with Crippen LogP contribution in [-0.2, 0) is 19.5 Å². The van der Waals surface area contributed by atoms with Crippen LogP contribution in [0.4, 0.5) is 10.1 Å². The predicted molar refractivity (Wildman–Crippen MR) is 93.1 cm³/mol. The van der Waals surface area contributed by atoms with Crippen LogP contribution in [0.5, 0.6) is 0 Å². The van der Waals surface area contributed by atoms with Crippen molar-refractivity contribution in [3.8, 4) is 0 Å². The van der Waals surface area contributed by atoms with Gasteiger partial charge in [-0.15, -0.1) is 0 Å². The Balaban J connectivity index is 1.67. The van der Waals surface area contributed by atoms with E-state index in [0.717, 1.165) is 30.9 Å². The first-order chi connectivity index (χ1) is 11.6. The van der Waals surface area contributed by atoms with Gasteiger partial charge in [0.05, 0.1) is 10.9 Å². The Morgan fingerprint density at radius 3 is 3.00 bits per heavy atom. The highest BCUT2D eigenvalue weighted by Crippen LogP contribution is 2.22. The molecule has 0 unspecified atom stereocenters. The summed E-state index contributed by atoms with van der Waals surface area (Å²) in [4.78, 5) is 17.1. The second-order valence-corrected chi connectivity index (χ2v) is 6.28. The van der Waals surface area contributed by atoms with Crippen LogP contribution in [0.1, 0.15) is 17.8 Å². The van der Waals surface area contributed by atoms with Gasteiger partial charge in [-0.1, -0.05) is 17.7 Å². The molecule has 4 rings (SSSR count). The van der Waals surface area contributed by atoms with Gasteiger partial charge in [-0.25, -0.2) is 9.37 Å². The van der Waals surface area contributed by atoms with Crippen LogP contribution in [0.2, 0.25) is 5.02 Å². The van der Waals surface area contributed by atoms with E-state index < -0.39 is 0 Å². The van der Waals surface area contributed by atoms with E-state index in [1.807, 2.05) is 12.1 Å². The highest BCUT2D eigenvalue weighted by Gasteiger charge is 2.16. The summed E-state index contributed by atoms with van der Waals surface area (Å²) in [5, 5.41) is 4.08. The van der Waals surface area contributed by atoms with Crippen molar-refractivity contribution in [2.45, 2.75) is 25.9 Å². The van der Waals surface area contributed by atoms with Crippen molar-refractivity contribution in [3.63, 3.8) is 0 Å². The summed E-state index contributed by atoms with van der Waals surface area (Å²) in [6, 6.07) is 10.0. The van der Waals surface area contributed by atoms with Gasteiger partial charge >= 0.3 is 0 Å². The zero-order valence-corrected chi connectivity index (χ0v) is 13.6. The van der Waals surface area contributed by atoms with Crippen molar-refractivity contribution < 1.29 is 4.39 Å². The van der Waals surface area contributed by atoms with Gasteiger partial charge in [0, 0.05) is 35.8 Å². The summed E-state index contributed by atoms with van der Waals surface area (Å²) in [6.45, 7) is 0.969. The van der Waals surface area contributed by atoms with Gasteiger partial charge < -0.3 is 5.32 Å². The van der Waals surface area contributed by atoms with E-state index in [9.17, 15) is 9.18 Å². The number of aromatic nitrogens is 2. The molecule has 0 bridgehead atoms. The van der Waals surface area contributed by atoms with Crippen molar-refractivity contribution in [1.82, 2.24) is 9.55 Å². The van der Waals surface area contributed by atoms with E-state index in [1.165, 1.54) is 6.07 Å². The third kappa shape index (κ3) is 2.55. The lowest BCUT2D eigenvalue weighted by Gasteiger charge is -2.10. The molecule has 0 fully saturated rings. The average molecular weight is 344 g/mol. The lowest BCUT2D eigenvalue weighted by Crippen LogP contribution is -2.21. The van der Waals surface area contributed by atoms with Gasteiger partial charge in [0.15, 0.2) is 0 Å². The minimum Gasteiger partial charge on any atom is -0.381 e. The first-order valence-electron chi connectivity index (χ1n) is 7.84.